The quantitative estimate of drug-likeness (QED) is 0.323. The van der Waals surface area contributed by atoms with Gasteiger partial charge in [-0.25, -0.2) is 0 Å². The molecule has 206 valence electrons. The molecule has 0 radical (unpaired) electrons. The molecular weight excluding hydrogens is 598 g/mol. The third-order valence-electron chi connectivity index (χ3n) is 7.50. The number of benzene rings is 3. The fourth-order valence-corrected chi connectivity index (χ4v) is 5.92. The highest BCUT2D eigenvalue weighted by atomic mass is 79.9. The van der Waals surface area contributed by atoms with E-state index in [1.807, 2.05) is 36.4 Å². The van der Waals surface area contributed by atoms with Crippen LogP contribution in [0.3, 0.4) is 0 Å². The summed E-state index contributed by atoms with van der Waals surface area (Å²) in [5.41, 5.74) is 2.75. The summed E-state index contributed by atoms with van der Waals surface area (Å²) in [6, 6.07) is 19.9. The van der Waals surface area contributed by atoms with Crippen LogP contribution < -0.4 is 10.2 Å². The highest BCUT2D eigenvalue weighted by Crippen LogP contribution is 2.37. The van der Waals surface area contributed by atoms with Crippen molar-refractivity contribution in [3.8, 4) is 0 Å². The average Bonchev–Trinajstić information content (AvgIpc) is 3.41. The number of hydrogen-bond donors (Lipinski definition) is 1. The number of carbonyl (C=O) groups excluding carboxylic acids is 4. The predicted octanol–water partition coefficient (Wildman–Crippen LogP) is 4.86. The summed E-state index contributed by atoms with van der Waals surface area (Å²) >= 11 is 9.43. The first-order valence-corrected chi connectivity index (χ1v) is 14.0. The third kappa shape index (κ3) is 5.48. The van der Waals surface area contributed by atoms with Crippen LogP contribution in [0.4, 0.5) is 11.4 Å². The number of amides is 3. The fourth-order valence-electron chi connectivity index (χ4n) is 5.40. The molecule has 0 aliphatic carbocycles. The van der Waals surface area contributed by atoms with E-state index in [0.717, 1.165) is 26.9 Å². The molecule has 3 aromatic carbocycles. The highest BCUT2D eigenvalue weighted by Gasteiger charge is 2.49. The molecule has 3 aromatic rings. The van der Waals surface area contributed by atoms with Gasteiger partial charge in [-0.1, -0.05) is 51.8 Å². The molecule has 2 heterocycles. The number of esters is 1. The molecule has 1 saturated heterocycles. The summed E-state index contributed by atoms with van der Waals surface area (Å²) in [5.74, 6) is -1.95. The Morgan fingerprint density at radius 3 is 2.55 bits per heavy atom. The van der Waals surface area contributed by atoms with E-state index in [4.69, 9.17) is 16.3 Å². The molecule has 1 unspecified atom stereocenters. The standard InChI is InChI=1S/C30H27BrClN3O5/c1-40-29(39)30(21-3-2-4-22(31)16-21)13-14-34(18-30)28(38)27(37)33-24-10-11-25-20(15-24)7-12-26(36)35(25)17-19-5-8-23(32)9-6-19/h2-6,8-11,15-16H,7,12-14,17-18H2,1H3,(H,33,37). The van der Waals surface area contributed by atoms with Crippen LogP contribution in [0.15, 0.2) is 71.2 Å². The Kier molecular flexibility index (Phi) is 7.96. The Morgan fingerprint density at radius 2 is 1.82 bits per heavy atom. The van der Waals surface area contributed by atoms with Crippen LogP contribution in [0.5, 0.6) is 0 Å². The normalized spacial score (nSPS) is 18.3. The van der Waals surface area contributed by atoms with Crippen molar-refractivity contribution in [3.05, 3.63) is 92.9 Å². The molecule has 3 amide bonds. The number of anilines is 2. The number of aryl methyl sites for hydroxylation is 1. The van der Waals surface area contributed by atoms with Crippen LogP contribution in [0.1, 0.15) is 29.5 Å². The topological polar surface area (TPSA) is 96.0 Å². The second kappa shape index (κ2) is 11.4. The third-order valence-corrected chi connectivity index (χ3v) is 8.24. The first kappa shape index (κ1) is 27.9. The number of halogens is 2. The van der Waals surface area contributed by atoms with Gasteiger partial charge in [-0.3, -0.25) is 19.2 Å². The number of rotatable bonds is 5. The molecule has 0 saturated carbocycles. The van der Waals surface area contributed by atoms with Gasteiger partial charge in [0.2, 0.25) is 5.91 Å². The largest absolute Gasteiger partial charge is 0.468 e. The molecule has 8 nitrogen and oxygen atoms in total. The van der Waals surface area contributed by atoms with Crippen molar-refractivity contribution < 1.29 is 23.9 Å². The number of likely N-dealkylation sites (tertiary alicyclic amines) is 1. The van der Waals surface area contributed by atoms with Crippen LogP contribution in [0, 0.1) is 0 Å². The SMILES string of the molecule is COC(=O)C1(c2cccc(Br)c2)CCN(C(=O)C(=O)Nc2ccc3c(c2)CCC(=O)N3Cc2ccc(Cl)cc2)C1. The smallest absolute Gasteiger partial charge is 0.318 e. The molecule has 0 spiro atoms. The van der Waals surface area contributed by atoms with E-state index in [2.05, 4.69) is 21.2 Å². The lowest BCUT2D eigenvalue weighted by Gasteiger charge is -2.30. The summed E-state index contributed by atoms with van der Waals surface area (Å²) in [6.07, 6.45) is 1.21. The van der Waals surface area contributed by atoms with Gasteiger partial charge in [0.25, 0.3) is 0 Å². The van der Waals surface area contributed by atoms with Crippen LogP contribution >= 0.6 is 27.5 Å². The lowest BCUT2D eigenvalue weighted by Crippen LogP contribution is -2.44. The molecule has 1 fully saturated rings. The average molecular weight is 625 g/mol. The maximum Gasteiger partial charge on any atom is 0.318 e. The van der Waals surface area contributed by atoms with Gasteiger partial charge in [0, 0.05) is 40.4 Å². The van der Waals surface area contributed by atoms with E-state index in [1.165, 1.54) is 12.0 Å². The second-order valence-electron chi connectivity index (χ2n) is 9.96. The fraction of sp³-hybridized carbons (Fsp3) is 0.267. The van der Waals surface area contributed by atoms with Crippen molar-refractivity contribution in [3.63, 3.8) is 0 Å². The van der Waals surface area contributed by atoms with Gasteiger partial charge in [-0.2, -0.15) is 0 Å². The molecule has 10 heteroatoms. The zero-order valence-corrected chi connectivity index (χ0v) is 24.1. The van der Waals surface area contributed by atoms with Gasteiger partial charge in [-0.05, 0) is 72.0 Å². The zero-order chi connectivity index (χ0) is 28.4. The van der Waals surface area contributed by atoms with Gasteiger partial charge in [0.1, 0.15) is 5.41 Å². The van der Waals surface area contributed by atoms with E-state index >= 15 is 0 Å². The van der Waals surface area contributed by atoms with Crippen LogP contribution in [-0.2, 0) is 42.3 Å². The number of fused-ring (bicyclic) bond motifs is 1. The Labute approximate surface area is 245 Å². The predicted molar refractivity (Wildman–Crippen MR) is 155 cm³/mol. The summed E-state index contributed by atoms with van der Waals surface area (Å²) in [6.45, 7) is 0.677. The van der Waals surface area contributed by atoms with Gasteiger partial charge in [0.15, 0.2) is 0 Å². The summed E-state index contributed by atoms with van der Waals surface area (Å²) in [4.78, 5) is 54.8. The number of carbonyl (C=O) groups is 4. The Balaban J connectivity index is 1.30. The Morgan fingerprint density at radius 1 is 1.05 bits per heavy atom. The van der Waals surface area contributed by atoms with Gasteiger partial charge < -0.3 is 19.9 Å². The molecule has 40 heavy (non-hydrogen) atoms. The van der Waals surface area contributed by atoms with E-state index in [-0.39, 0.29) is 19.0 Å². The number of nitrogens with zero attached hydrogens (tertiary/aromatic N) is 2. The van der Waals surface area contributed by atoms with E-state index in [9.17, 15) is 19.2 Å². The lowest BCUT2D eigenvalue weighted by molar-refractivity contribution is -0.148. The van der Waals surface area contributed by atoms with Crippen LogP contribution in [-0.4, -0.2) is 48.8 Å². The molecule has 1 atom stereocenters. The molecule has 2 aliphatic heterocycles. The monoisotopic (exact) mass is 623 g/mol. The Bertz CT molecular complexity index is 1490. The van der Waals surface area contributed by atoms with Crippen molar-refractivity contribution in [1.82, 2.24) is 4.90 Å². The number of hydrogen-bond acceptors (Lipinski definition) is 5. The Hall–Kier alpha value is -3.69. The maximum atomic E-state index is 13.1. The van der Waals surface area contributed by atoms with Crippen LogP contribution in [0.25, 0.3) is 0 Å². The molecule has 2 aliphatic rings. The van der Waals surface area contributed by atoms with Crippen molar-refractivity contribution in [2.75, 3.05) is 30.4 Å². The maximum absolute atomic E-state index is 13.1. The van der Waals surface area contributed by atoms with Crippen molar-refractivity contribution in [2.24, 2.45) is 0 Å². The number of methoxy groups -OCH3 is 1. The van der Waals surface area contributed by atoms with Gasteiger partial charge >= 0.3 is 17.8 Å². The molecule has 1 N–H and O–H groups in total. The number of nitrogens with one attached hydrogen (secondary N) is 1. The summed E-state index contributed by atoms with van der Waals surface area (Å²) in [5, 5.41) is 3.33. The summed E-state index contributed by atoms with van der Waals surface area (Å²) < 4.78 is 5.90. The minimum atomic E-state index is -1.06. The van der Waals surface area contributed by atoms with E-state index < -0.39 is 23.2 Å². The molecule has 0 bridgehead atoms. The van der Waals surface area contributed by atoms with Gasteiger partial charge in [-0.15, -0.1) is 0 Å². The first-order chi connectivity index (χ1) is 19.2. The lowest BCUT2D eigenvalue weighted by atomic mass is 9.79. The molecular formula is C30H27BrClN3O5. The van der Waals surface area contributed by atoms with Crippen molar-refractivity contribution in [1.29, 1.82) is 0 Å². The minimum absolute atomic E-state index is 0.0166. The summed E-state index contributed by atoms with van der Waals surface area (Å²) in [7, 11) is 1.32. The van der Waals surface area contributed by atoms with Crippen LogP contribution in [0.2, 0.25) is 5.02 Å². The van der Waals surface area contributed by atoms with E-state index in [1.54, 1.807) is 35.2 Å². The number of ether oxygens (including phenoxy) is 1. The van der Waals surface area contributed by atoms with Crippen molar-refractivity contribution in [2.45, 2.75) is 31.2 Å². The van der Waals surface area contributed by atoms with E-state index in [0.29, 0.717) is 36.5 Å². The zero-order valence-electron chi connectivity index (χ0n) is 21.8. The van der Waals surface area contributed by atoms with Crippen molar-refractivity contribution >= 4 is 62.6 Å². The molecule has 0 aromatic heterocycles. The minimum Gasteiger partial charge on any atom is -0.468 e. The first-order valence-electron chi connectivity index (χ1n) is 12.8. The molecule has 5 rings (SSSR count). The van der Waals surface area contributed by atoms with Gasteiger partial charge in [0.05, 0.1) is 13.7 Å². The second-order valence-corrected chi connectivity index (χ2v) is 11.3. The highest BCUT2D eigenvalue weighted by molar-refractivity contribution is 9.10.